The number of rotatable bonds is 3. The van der Waals surface area contributed by atoms with E-state index in [1.165, 1.54) is 16.7 Å². The van der Waals surface area contributed by atoms with Crippen molar-refractivity contribution in [2.75, 3.05) is 4.90 Å². The summed E-state index contributed by atoms with van der Waals surface area (Å²) in [6.07, 6.45) is 0. The standard InChI is InChI=1S/C26H17ClN2O3S2/c27-17-10-12-18(13-11-17)29-24(30)20-19(21-23(28-26(32)34-21)33-22(20)25(29)31)16-8-6-15(7-9-16)14-4-2-1-3-5-14/h1-13,19-20,22H,(H,28,32)/t19-,20?,22?/m1/s1. The van der Waals surface area contributed by atoms with E-state index in [0.29, 0.717) is 15.7 Å². The lowest BCUT2D eigenvalue weighted by molar-refractivity contribution is -0.122. The van der Waals surface area contributed by atoms with E-state index in [4.69, 9.17) is 11.6 Å². The van der Waals surface area contributed by atoms with Gasteiger partial charge in [-0.25, -0.2) is 4.90 Å². The van der Waals surface area contributed by atoms with E-state index < -0.39 is 11.2 Å². The summed E-state index contributed by atoms with van der Waals surface area (Å²) in [4.78, 5) is 44.1. The summed E-state index contributed by atoms with van der Waals surface area (Å²) in [5.41, 5.74) is 3.57. The van der Waals surface area contributed by atoms with Crippen LogP contribution in [-0.2, 0) is 9.59 Å². The number of H-pyrrole nitrogens is 1. The molecule has 3 atom stereocenters. The number of imide groups is 1. The highest BCUT2D eigenvalue weighted by Gasteiger charge is 2.56. The number of anilines is 1. The van der Waals surface area contributed by atoms with Crippen molar-refractivity contribution in [3.63, 3.8) is 0 Å². The van der Waals surface area contributed by atoms with Crippen LogP contribution in [0.25, 0.3) is 11.1 Å². The second-order valence-corrected chi connectivity index (χ2v) is 10.8. The molecule has 3 aromatic carbocycles. The molecule has 2 unspecified atom stereocenters. The van der Waals surface area contributed by atoms with Gasteiger partial charge in [-0.1, -0.05) is 89.3 Å². The van der Waals surface area contributed by atoms with Crippen molar-refractivity contribution in [2.45, 2.75) is 16.2 Å². The fraction of sp³-hybridized carbons (Fsp3) is 0.115. The lowest BCUT2D eigenvalue weighted by Crippen LogP contribution is -2.32. The first-order chi connectivity index (χ1) is 16.5. The SMILES string of the molecule is O=C1C2Sc3[nH]c(=O)sc3[C@H](c3ccc(-c4ccccc4)cc3)C2C(=O)N1c1ccc(Cl)cc1. The Bertz CT molecular complexity index is 1460. The molecule has 1 saturated heterocycles. The van der Waals surface area contributed by atoms with Crippen LogP contribution in [0.4, 0.5) is 5.69 Å². The molecule has 2 amide bonds. The Morgan fingerprint density at radius 3 is 2.18 bits per heavy atom. The molecule has 1 fully saturated rings. The summed E-state index contributed by atoms with van der Waals surface area (Å²) in [7, 11) is 0. The first-order valence-corrected chi connectivity index (χ1v) is 12.8. The molecule has 4 aromatic rings. The van der Waals surface area contributed by atoms with E-state index in [2.05, 4.69) is 4.98 Å². The molecular weight excluding hydrogens is 488 g/mol. The third-order valence-electron chi connectivity index (χ3n) is 6.29. The number of aromatic nitrogens is 1. The summed E-state index contributed by atoms with van der Waals surface area (Å²) in [5, 5.41) is 0.595. The van der Waals surface area contributed by atoms with Gasteiger partial charge < -0.3 is 4.98 Å². The second kappa shape index (κ2) is 8.27. The molecule has 8 heteroatoms. The number of nitrogens with one attached hydrogen (secondary N) is 1. The van der Waals surface area contributed by atoms with Crippen LogP contribution in [0.1, 0.15) is 16.4 Å². The Hall–Kier alpha value is -3.13. The van der Waals surface area contributed by atoms with Crippen LogP contribution in [0.2, 0.25) is 5.02 Å². The van der Waals surface area contributed by atoms with E-state index >= 15 is 0 Å². The zero-order chi connectivity index (χ0) is 23.4. The van der Waals surface area contributed by atoms with E-state index in [-0.39, 0.29) is 22.6 Å². The quantitative estimate of drug-likeness (QED) is 0.371. The van der Waals surface area contributed by atoms with Crippen LogP contribution in [0.5, 0.6) is 0 Å². The number of hydrogen-bond acceptors (Lipinski definition) is 5. The molecule has 5 nitrogen and oxygen atoms in total. The van der Waals surface area contributed by atoms with E-state index in [0.717, 1.165) is 32.9 Å². The van der Waals surface area contributed by atoms with Crippen molar-refractivity contribution in [1.29, 1.82) is 0 Å². The number of fused-ring (bicyclic) bond motifs is 2. The minimum absolute atomic E-state index is 0.183. The maximum atomic E-state index is 13.7. The molecule has 0 radical (unpaired) electrons. The minimum Gasteiger partial charge on any atom is -0.307 e. The van der Waals surface area contributed by atoms with Gasteiger partial charge in [-0.3, -0.25) is 14.4 Å². The molecule has 34 heavy (non-hydrogen) atoms. The van der Waals surface area contributed by atoms with Gasteiger partial charge >= 0.3 is 4.87 Å². The molecular formula is C26H17ClN2O3S2. The highest BCUT2D eigenvalue weighted by atomic mass is 35.5. The van der Waals surface area contributed by atoms with Crippen molar-refractivity contribution >= 4 is 52.2 Å². The van der Waals surface area contributed by atoms with Gasteiger partial charge in [-0.2, -0.15) is 0 Å². The zero-order valence-corrected chi connectivity index (χ0v) is 20.0. The summed E-state index contributed by atoms with van der Waals surface area (Å²) >= 11 is 8.40. The molecule has 0 aliphatic carbocycles. The third-order valence-corrected chi connectivity index (χ3v) is 8.94. The van der Waals surface area contributed by atoms with Gasteiger partial charge in [-0.05, 0) is 41.0 Å². The van der Waals surface area contributed by atoms with Gasteiger partial charge in [0.15, 0.2) is 0 Å². The van der Waals surface area contributed by atoms with Crippen LogP contribution in [0.3, 0.4) is 0 Å². The second-order valence-electron chi connectivity index (χ2n) is 8.23. The van der Waals surface area contributed by atoms with E-state index in [1.54, 1.807) is 24.3 Å². The summed E-state index contributed by atoms with van der Waals surface area (Å²) < 4.78 is 0. The molecule has 3 heterocycles. The highest BCUT2D eigenvalue weighted by Crippen LogP contribution is 2.53. The number of halogens is 1. The number of thiazole rings is 1. The Kier molecular flexibility index (Phi) is 5.21. The highest BCUT2D eigenvalue weighted by molar-refractivity contribution is 8.00. The molecule has 0 spiro atoms. The van der Waals surface area contributed by atoms with Crippen molar-refractivity contribution in [3.05, 3.63) is 104 Å². The largest absolute Gasteiger partial charge is 0.307 e. The Labute approximate surface area is 208 Å². The molecule has 168 valence electrons. The minimum atomic E-state index is -0.611. The number of thioether (sulfide) groups is 1. The van der Waals surface area contributed by atoms with Gasteiger partial charge in [0.05, 0.1) is 16.6 Å². The Balaban J connectivity index is 1.44. The lowest BCUT2D eigenvalue weighted by atomic mass is 9.82. The Morgan fingerprint density at radius 1 is 0.794 bits per heavy atom. The maximum Gasteiger partial charge on any atom is 0.305 e. The fourth-order valence-electron chi connectivity index (χ4n) is 4.73. The predicted octanol–water partition coefficient (Wildman–Crippen LogP) is 5.55. The van der Waals surface area contributed by atoms with Crippen LogP contribution < -0.4 is 9.77 Å². The topological polar surface area (TPSA) is 70.2 Å². The van der Waals surface area contributed by atoms with Gasteiger partial charge in [0.2, 0.25) is 11.8 Å². The normalized spacial score (nSPS) is 21.4. The van der Waals surface area contributed by atoms with Crippen molar-refractivity contribution < 1.29 is 9.59 Å². The monoisotopic (exact) mass is 504 g/mol. The smallest absolute Gasteiger partial charge is 0.305 e. The summed E-state index contributed by atoms with van der Waals surface area (Å²) in [6.45, 7) is 0. The van der Waals surface area contributed by atoms with Crippen molar-refractivity contribution in [1.82, 2.24) is 4.98 Å². The molecule has 2 aliphatic rings. The first-order valence-electron chi connectivity index (χ1n) is 10.7. The van der Waals surface area contributed by atoms with Gasteiger partial charge in [0.25, 0.3) is 0 Å². The number of amides is 2. The lowest BCUT2D eigenvalue weighted by Gasteiger charge is -2.29. The number of carbonyl (C=O) groups is 2. The number of benzene rings is 3. The molecule has 6 rings (SSSR count). The molecule has 1 N–H and O–H groups in total. The van der Waals surface area contributed by atoms with Crippen LogP contribution >= 0.6 is 34.7 Å². The Morgan fingerprint density at radius 2 is 1.47 bits per heavy atom. The molecule has 1 aromatic heterocycles. The molecule has 0 bridgehead atoms. The number of nitrogens with zero attached hydrogens (tertiary/aromatic N) is 1. The first kappa shape index (κ1) is 21.4. The van der Waals surface area contributed by atoms with Crippen LogP contribution in [0, 0.1) is 5.92 Å². The van der Waals surface area contributed by atoms with Gasteiger partial charge in [0.1, 0.15) is 5.25 Å². The zero-order valence-electron chi connectivity index (χ0n) is 17.6. The van der Waals surface area contributed by atoms with Crippen molar-refractivity contribution in [3.8, 4) is 11.1 Å². The predicted molar refractivity (Wildman–Crippen MR) is 136 cm³/mol. The number of carbonyl (C=O) groups excluding carboxylic acids is 2. The third kappa shape index (κ3) is 3.43. The van der Waals surface area contributed by atoms with Gasteiger partial charge in [-0.15, -0.1) is 0 Å². The molecule has 2 aliphatic heterocycles. The average molecular weight is 505 g/mol. The van der Waals surface area contributed by atoms with Crippen LogP contribution in [0.15, 0.2) is 88.7 Å². The van der Waals surface area contributed by atoms with E-state index in [1.807, 2.05) is 54.6 Å². The number of hydrogen-bond donors (Lipinski definition) is 1. The van der Waals surface area contributed by atoms with Crippen molar-refractivity contribution in [2.24, 2.45) is 5.92 Å². The maximum absolute atomic E-state index is 13.7. The average Bonchev–Trinajstić information content (AvgIpc) is 3.35. The van der Waals surface area contributed by atoms with Crippen LogP contribution in [-0.4, -0.2) is 22.0 Å². The van der Waals surface area contributed by atoms with E-state index in [9.17, 15) is 14.4 Å². The van der Waals surface area contributed by atoms with Gasteiger partial charge in [0, 0.05) is 15.8 Å². The fourth-order valence-corrected chi connectivity index (χ4v) is 7.38. The number of aromatic amines is 1. The molecule has 0 saturated carbocycles. The summed E-state index contributed by atoms with van der Waals surface area (Å²) in [6, 6.07) is 24.8. The summed E-state index contributed by atoms with van der Waals surface area (Å²) in [5.74, 6) is -1.52.